The van der Waals surface area contributed by atoms with E-state index >= 15 is 0 Å². The van der Waals surface area contributed by atoms with E-state index in [4.69, 9.17) is 0 Å². The third-order valence-electron chi connectivity index (χ3n) is 4.57. The molecule has 1 aliphatic rings. The average molecular weight is 366 g/mol. The monoisotopic (exact) mass is 366 g/mol. The van der Waals surface area contributed by atoms with Gasteiger partial charge in [-0.2, -0.15) is 0 Å². The van der Waals surface area contributed by atoms with E-state index in [1.807, 2.05) is 67.6 Å². The Balaban J connectivity index is 2.24. The van der Waals surface area contributed by atoms with Crippen LogP contribution in [0.5, 0.6) is 0 Å². The van der Waals surface area contributed by atoms with Crippen molar-refractivity contribution in [2.75, 3.05) is 0 Å². The Kier molecular flexibility index (Phi) is 5.06. The second kappa shape index (κ2) is 7.27. The van der Waals surface area contributed by atoms with Gasteiger partial charge in [0.15, 0.2) is 0 Å². The first-order valence-corrected chi connectivity index (χ1v) is 9.55. The van der Waals surface area contributed by atoms with Crippen LogP contribution < -0.4 is 10.6 Å². The van der Waals surface area contributed by atoms with Gasteiger partial charge >= 0.3 is 11.9 Å². The van der Waals surface area contributed by atoms with Gasteiger partial charge in [-0.05, 0) is 18.5 Å². The summed E-state index contributed by atoms with van der Waals surface area (Å²) < 4.78 is 0. The fourth-order valence-electron chi connectivity index (χ4n) is 3.38. The van der Waals surface area contributed by atoms with E-state index < -0.39 is 30.9 Å². The van der Waals surface area contributed by atoms with Crippen molar-refractivity contribution in [3.8, 4) is 0 Å². The molecule has 4 nitrogen and oxygen atoms in total. The van der Waals surface area contributed by atoms with Gasteiger partial charge in [0.05, 0.1) is 11.5 Å². The van der Waals surface area contributed by atoms with E-state index in [-0.39, 0.29) is 5.57 Å². The smallest absolute Gasteiger partial charge is 0.335 e. The molecule has 0 radical (unpaired) electrons. The predicted molar refractivity (Wildman–Crippen MR) is 103 cm³/mol. The van der Waals surface area contributed by atoms with E-state index in [0.29, 0.717) is 0 Å². The lowest BCUT2D eigenvalue weighted by Crippen LogP contribution is -2.42. The Morgan fingerprint density at radius 3 is 1.85 bits per heavy atom. The molecule has 2 aromatic rings. The fraction of sp³-hybridized carbons (Fsp3) is 0.143. The zero-order valence-electron chi connectivity index (χ0n) is 14.2. The summed E-state index contributed by atoms with van der Waals surface area (Å²) in [5.41, 5.74) is 0.129. The molecule has 2 aromatic carbocycles. The minimum atomic E-state index is -1.15. The van der Waals surface area contributed by atoms with Crippen molar-refractivity contribution in [1.29, 1.82) is 0 Å². The van der Waals surface area contributed by atoms with Crippen LogP contribution in [0, 0.1) is 5.92 Å². The molecule has 132 valence electrons. The van der Waals surface area contributed by atoms with Gasteiger partial charge in [0.2, 0.25) is 0 Å². The van der Waals surface area contributed by atoms with Gasteiger partial charge in [0.1, 0.15) is 0 Å². The van der Waals surface area contributed by atoms with Gasteiger partial charge in [-0.3, -0.25) is 4.79 Å². The highest BCUT2D eigenvalue weighted by atomic mass is 31.1. The molecular weight excluding hydrogens is 347 g/mol. The summed E-state index contributed by atoms with van der Waals surface area (Å²) in [5, 5.41) is 20.4. The summed E-state index contributed by atoms with van der Waals surface area (Å²) in [4.78, 5) is 23.6. The topological polar surface area (TPSA) is 74.6 Å². The lowest BCUT2D eigenvalue weighted by molar-refractivity contribution is -0.141. The van der Waals surface area contributed by atoms with Gasteiger partial charge in [-0.1, -0.05) is 85.8 Å². The molecule has 0 amide bonds. The highest BCUT2D eigenvalue weighted by Crippen LogP contribution is 2.55. The van der Waals surface area contributed by atoms with Crippen LogP contribution in [0.25, 0.3) is 0 Å². The Morgan fingerprint density at radius 1 is 0.923 bits per heavy atom. The minimum absolute atomic E-state index is 0.129. The number of aliphatic carboxylic acids is 2. The molecule has 2 unspecified atom stereocenters. The van der Waals surface area contributed by atoms with Crippen LogP contribution >= 0.6 is 7.92 Å². The van der Waals surface area contributed by atoms with Gasteiger partial charge in [0, 0.05) is 5.16 Å². The van der Waals surface area contributed by atoms with E-state index in [1.165, 1.54) is 12.2 Å². The van der Waals surface area contributed by atoms with Crippen molar-refractivity contribution in [3.05, 3.63) is 84.5 Å². The van der Waals surface area contributed by atoms with Gasteiger partial charge < -0.3 is 10.2 Å². The Hall–Kier alpha value is -2.71. The summed E-state index contributed by atoms with van der Waals surface area (Å²) in [5.74, 6) is -2.81. The highest BCUT2D eigenvalue weighted by molar-refractivity contribution is 7.74. The van der Waals surface area contributed by atoms with E-state index in [9.17, 15) is 19.8 Å². The number of carbonyl (C=O) groups is 2. The lowest BCUT2D eigenvalue weighted by Gasteiger charge is -2.41. The van der Waals surface area contributed by atoms with Crippen molar-refractivity contribution in [3.63, 3.8) is 0 Å². The third-order valence-corrected chi connectivity index (χ3v) is 7.57. The summed E-state index contributed by atoms with van der Waals surface area (Å²) in [6, 6.07) is 19.5. The van der Waals surface area contributed by atoms with Crippen LogP contribution in [-0.2, 0) is 9.59 Å². The van der Waals surface area contributed by atoms with Crippen molar-refractivity contribution >= 4 is 30.5 Å². The number of carboxylic acid groups (broad SMARTS) is 2. The average Bonchev–Trinajstić information content (AvgIpc) is 2.63. The molecule has 0 aromatic heterocycles. The molecular formula is C21H19O4P. The summed E-state index contributed by atoms with van der Waals surface area (Å²) >= 11 is 0. The molecule has 0 spiro atoms. The van der Waals surface area contributed by atoms with Crippen LogP contribution in [-0.4, -0.2) is 27.3 Å². The van der Waals surface area contributed by atoms with Gasteiger partial charge in [-0.25, -0.2) is 4.79 Å². The van der Waals surface area contributed by atoms with Gasteiger partial charge in [0.25, 0.3) is 0 Å². The quantitative estimate of drug-likeness (QED) is 0.797. The largest absolute Gasteiger partial charge is 0.481 e. The van der Waals surface area contributed by atoms with Crippen molar-refractivity contribution in [2.24, 2.45) is 5.92 Å². The van der Waals surface area contributed by atoms with E-state index in [2.05, 4.69) is 0 Å². The van der Waals surface area contributed by atoms with Crippen molar-refractivity contribution in [2.45, 2.75) is 12.1 Å². The van der Waals surface area contributed by atoms with Crippen molar-refractivity contribution in [1.82, 2.24) is 0 Å². The summed E-state index contributed by atoms with van der Waals surface area (Å²) in [6.45, 7) is 1.85. The maximum atomic E-state index is 12.0. The van der Waals surface area contributed by atoms with Crippen LogP contribution in [0.4, 0.5) is 0 Å². The number of allylic oxidation sites excluding steroid dienone is 1. The number of hydrogen-bond acceptors (Lipinski definition) is 2. The van der Waals surface area contributed by atoms with E-state index in [1.54, 1.807) is 6.08 Å². The summed E-state index contributed by atoms with van der Waals surface area (Å²) in [7, 11) is -1.15. The van der Waals surface area contributed by atoms with E-state index in [0.717, 1.165) is 10.6 Å². The Bertz CT molecular complexity index is 834. The second-order valence-electron chi connectivity index (χ2n) is 6.31. The zero-order chi connectivity index (χ0) is 18.7. The number of carboxylic acids is 2. The molecule has 5 heteroatoms. The van der Waals surface area contributed by atoms with Crippen LogP contribution in [0.1, 0.15) is 6.92 Å². The van der Waals surface area contributed by atoms with Crippen LogP contribution in [0.3, 0.4) is 0 Å². The maximum absolute atomic E-state index is 12.0. The SMILES string of the molecule is CC1(P(c2ccccc2)c2ccccc2)C=C(C(=O)O)C=CC1C(=O)O. The highest BCUT2D eigenvalue weighted by Gasteiger charge is 2.46. The standard InChI is InChI=1S/C21H19O4P/c1-21(14-15(19(22)23)12-13-18(21)20(24)25)26(16-8-4-2-5-9-16)17-10-6-3-7-11-17/h2-14,18H,1H3,(H,22,23)(H,24,25). The maximum Gasteiger partial charge on any atom is 0.335 e. The fourth-order valence-corrected chi connectivity index (χ4v) is 6.47. The van der Waals surface area contributed by atoms with Crippen LogP contribution in [0.15, 0.2) is 84.5 Å². The molecule has 1 aliphatic carbocycles. The summed E-state index contributed by atoms with van der Waals surface area (Å²) in [6.07, 6.45) is 4.53. The molecule has 2 atom stereocenters. The first-order chi connectivity index (χ1) is 12.4. The van der Waals surface area contributed by atoms with Crippen molar-refractivity contribution < 1.29 is 19.8 Å². The number of rotatable bonds is 5. The molecule has 2 N–H and O–H groups in total. The molecule has 0 fully saturated rings. The first-order valence-electron chi connectivity index (χ1n) is 8.21. The minimum Gasteiger partial charge on any atom is -0.481 e. The molecule has 0 heterocycles. The van der Waals surface area contributed by atoms with Crippen LogP contribution in [0.2, 0.25) is 0 Å². The second-order valence-corrected chi connectivity index (χ2v) is 8.98. The normalized spacial score (nSPS) is 22.1. The first kappa shape index (κ1) is 18.1. The molecule has 0 bridgehead atoms. The number of hydrogen-bond donors (Lipinski definition) is 2. The lowest BCUT2D eigenvalue weighted by atomic mass is 9.86. The molecule has 0 saturated heterocycles. The Morgan fingerprint density at radius 2 is 1.42 bits per heavy atom. The zero-order valence-corrected chi connectivity index (χ0v) is 15.1. The predicted octanol–water partition coefficient (Wildman–Crippen LogP) is 3.16. The molecule has 3 rings (SSSR count). The molecule has 0 aliphatic heterocycles. The molecule has 26 heavy (non-hydrogen) atoms. The van der Waals surface area contributed by atoms with Gasteiger partial charge in [-0.15, -0.1) is 0 Å². The molecule has 0 saturated carbocycles. The third kappa shape index (κ3) is 3.33. The Labute approximate surface area is 153 Å². The number of benzene rings is 2.